The van der Waals surface area contributed by atoms with Gasteiger partial charge in [0.1, 0.15) is 0 Å². The number of benzene rings is 1. The smallest absolute Gasteiger partial charge is 0.251 e. The molecule has 0 unspecified atom stereocenters. The SMILES string of the molecule is CC(C)N(C(=O)CCNC(=O)c1ccc(C(C)(C)C)cc1)C1CCCC1. The van der Waals surface area contributed by atoms with Crippen LogP contribution in [0.25, 0.3) is 0 Å². The van der Waals surface area contributed by atoms with E-state index in [9.17, 15) is 9.59 Å². The molecule has 1 aliphatic carbocycles. The lowest BCUT2D eigenvalue weighted by Gasteiger charge is -2.33. The lowest BCUT2D eigenvalue weighted by molar-refractivity contribution is -0.135. The number of nitrogens with zero attached hydrogens (tertiary/aromatic N) is 1. The van der Waals surface area contributed by atoms with Gasteiger partial charge in [0, 0.05) is 30.6 Å². The van der Waals surface area contributed by atoms with Crippen molar-refractivity contribution in [2.75, 3.05) is 6.54 Å². The average Bonchev–Trinajstić information content (AvgIpc) is 3.07. The molecule has 4 heteroatoms. The van der Waals surface area contributed by atoms with Crippen molar-refractivity contribution in [3.05, 3.63) is 35.4 Å². The maximum Gasteiger partial charge on any atom is 0.251 e. The van der Waals surface area contributed by atoms with Crippen molar-refractivity contribution in [1.29, 1.82) is 0 Å². The molecule has 0 aliphatic heterocycles. The lowest BCUT2D eigenvalue weighted by atomic mass is 9.87. The Morgan fingerprint density at radius 3 is 2.19 bits per heavy atom. The molecule has 0 aromatic heterocycles. The summed E-state index contributed by atoms with van der Waals surface area (Å²) in [5.74, 6) is 0.0329. The Morgan fingerprint density at radius 1 is 1.12 bits per heavy atom. The van der Waals surface area contributed by atoms with Crippen LogP contribution in [0.5, 0.6) is 0 Å². The standard InChI is InChI=1S/C22H34N2O2/c1-16(2)24(19-8-6-7-9-19)20(25)14-15-23-21(26)17-10-12-18(13-11-17)22(3,4)5/h10-13,16,19H,6-9,14-15H2,1-5H3,(H,23,26). The highest BCUT2D eigenvalue weighted by molar-refractivity contribution is 5.94. The molecule has 144 valence electrons. The first-order valence-electron chi connectivity index (χ1n) is 9.90. The summed E-state index contributed by atoms with van der Waals surface area (Å²) in [4.78, 5) is 27.0. The van der Waals surface area contributed by atoms with Gasteiger partial charge in [0.25, 0.3) is 5.91 Å². The molecule has 0 saturated heterocycles. The summed E-state index contributed by atoms with van der Waals surface area (Å²) in [6, 6.07) is 8.31. The van der Waals surface area contributed by atoms with Gasteiger partial charge in [-0.3, -0.25) is 9.59 Å². The number of rotatable bonds is 6. The summed E-state index contributed by atoms with van der Waals surface area (Å²) in [5.41, 5.74) is 1.91. The van der Waals surface area contributed by atoms with Gasteiger partial charge in [0.2, 0.25) is 5.91 Å². The Morgan fingerprint density at radius 2 is 1.69 bits per heavy atom. The van der Waals surface area contributed by atoms with Crippen molar-refractivity contribution in [3.8, 4) is 0 Å². The van der Waals surface area contributed by atoms with E-state index in [1.807, 2.05) is 29.2 Å². The van der Waals surface area contributed by atoms with E-state index in [0.717, 1.165) is 12.8 Å². The van der Waals surface area contributed by atoms with Crippen molar-refractivity contribution >= 4 is 11.8 Å². The van der Waals surface area contributed by atoms with Crippen molar-refractivity contribution in [2.24, 2.45) is 0 Å². The molecule has 2 rings (SSSR count). The van der Waals surface area contributed by atoms with Gasteiger partial charge in [-0.1, -0.05) is 45.7 Å². The lowest BCUT2D eigenvalue weighted by Crippen LogP contribution is -2.44. The highest BCUT2D eigenvalue weighted by Crippen LogP contribution is 2.25. The summed E-state index contributed by atoms with van der Waals surface area (Å²) in [6.07, 6.45) is 5.00. The van der Waals surface area contributed by atoms with Gasteiger partial charge in [-0.05, 0) is 49.8 Å². The van der Waals surface area contributed by atoms with E-state index in [2.05, 4.69) is 39.9 Å². The van der Waals surface area contributed by atoms with Crippen molar-refractivity contribution in [2.45, 2.75) is 84.2 Å². The van der Waals surface area contributed by atoms with E-state index < -0.39 is 0 Å². The predicted octanol–water partition coefficient (Wildman–Crippen LogP) is 4.28. The second-order valence-electron chi connectivity index (χ2n) is 8.67. The fraction of sp³-hybridized carbons (Fsp3) is 0.636. The van der Waals surface area contributed by atoms with E-state index >= 15 is 0 Å². The van der Waals surface area contributed by atoms with Crippen molar-refractivity contribution in [1.82, 2.24) is 10.2 Å². The Bertz CT molecular complexity index is 608. The molecule has 2 amide bonds. The molecule has 0 bridgehead atoms. The number of amides is 2. The molecule has 26 heavy (non-hydrogen) atoms. The number of nitrogens with one attached hydrogen (secondary N) is 1. The molecule has 1 fully saturated rings. The number of carbonyl (C=O) groups is 2. The molecular formula is C22H34N2O2. The highest BCUT2D eigenvalue weighted by Gasteiger charge is 2.28. The van der Waals surface area contributed by atoms with Crippen LogP contribution in [0.3, 0.4) is 0 Å². The third-order valence-electron chi connectivity index (χ3n) is 5.20. The van der Waals surface area contributed by atoms with Crippen LogP contribution in [-0.2, 0) is 10.2 Å². The van der Waals surface area contributed by atoms with Crippen LogP contribution in [0.15, 0.2) is 24.3 Å². The monoisotopic (exact) mass is 358 g/mol. The van der Waals surface area contributed by atoms with Crippen molar-refractivity contribution < 1.29 is 9.59 Å². The van der Waals surface area contributed by atoms with E-state index in [1.165, 1.54) is 18.4 Å². The minimum absolute atomic E-state index is 0.0714. The average molecular weight is 359 g/mol. The quantitative estimate of drug-likeness (QED) is 0.825. The Hall–Kier alpha value is -1.84. The second kappa shape index (κ2) is 8.70. The van der Waals surface area contributed by atoms with Gasteiger partial charge in [-0.15, -0.1) is 0 Å². The van der Waals surface area contributed by atoms with Gasteiger partial charge in [0.05, 0.1) is 0 Å². The van der Waals surface area contributed by atoms with E-state index in [0.29, 0.717) is 24.6 Å². The first-order chi connectivity index (χ1) is 12.2. The second-order valence-corrected chi connectivity index (χ2v) is 8.67. The molecule has 0 spiro atoms. The van der Waals surface area contributed by atoms with Crippen LogP contribution in [0, 0.1) is 0 Å². The fourth-order valence-electron chi connectivity index (χ4n) is 3.73. The number of hydrogen-bond donors (Lipinski definition) is 1. The molecule has 4 nitrogen and oxygen atoms in total. The first kappa shape index (κ1) is 20.5. The zero-order valence-electron chi connectivity index (χ0n) is 17.0. The Balaban J connectivity index is 1.86. The Kier molecular flexibility index (Phi) is 6.85. The fourth-order valence-corrected chi connectivity index (χ4v) is 3.73. The van der Waals surface area contributed by atoms with E-state index in [-0.39, 0.29) is 23.3 Å². The largest absolute Gasteiger partial charge is 0.352 e. The van der Waals surface area contributed by atoms with Crippen molar-refractivity contribution in [3.63, 3.8) is 0 Å². The minimum atomic E-state index is -0.116. The Labute approximate surface area is 158 Å². The molecular weight excluding hydrogens is 324 g/mol. The van der Waals surface area contributed by atoms with Gasteiger partial charge < -0.3 is 10.2 Å². The minimum Gasteiger partial charge on any atom is -0.352 e. The summed E-state index contributed by atoms with van der Waals surface area (Å²) in [7, 11) is 0. The van der Waals surface area contributed by atoms with Crippen LogP contribution in [-0.4, -0.2) is 35.3 Å². The van der Waals surface area contributed by atoms with Crippen LogP contribution in [0.1, 0.15) is 82.6 Å². The molecule has 0 radical (unpaired) electrons. The maximum absolute atomic E-state index is 12.6. The summed E-state index contributed by atoms with van der Waals surface area (Å²) >= 11 is 0. The van der Waals surface area contributed by atoms with E-state index in [1.54, 1.807) is 0 Å². The molecule has 1 aromatic rings. The first-order valence-corrected chi connectivity index (χ1v) is 9.90. The maximum atomic E-state index is 12.6. The highest BCUT2D eigenvalue weighted by atomic mass is 16.2. The molecule has 0 heterocycles. The normalized spacial score (nSPS) is 15.3. The zero-order valence-corrected chi connectivity index (χ0v) is 17.0. The van der Waals surface area contributed by atoms with Crippen LogP contribution in [0.4, 0.5) is 0 Å². The van der Waals surface area contributed by atoms with Crippen LogP contribution < -0.4 is 5.32 Å². The van der Waals surface area contributed by atoms with Gasteiger partial charge in [-0.2, -0.15) is 0 Å². The molecule has 1 saturated carbocycles. The van der Waals surface area contributed by atoms with E-state index in [4.69, 9.17) is 0 Å². The van der Waals surface area contributed by atoms with Gasteiger partial charge in [0.15, 0.2) is 0 Å². The summed E-state index contributed by atoms with van der Waals surface area (Å²) in [6.45, 7) is 11.0. The molecule has 1 aromatic carbocycles. The van der Waals surface area contributed by atoms with Crippen LogP contribution >= 0.6 is 0 Å². The van der Waals surface area contributed by atoms with Crippen LogP contribution in [0.2, 0.25) is 0 Å². The van der Waals surface area contributed by atoms with Gasteiger partial charge in [-0.25, -0.2) is 0 Å². The molecule has 1 N–H and O–H groups in total. The third kappa shape index (κ3) is 5.33. The zero-order chi connectivity index (χ0) is 19.3. The summed E-state index contributed by atoms with van der Waals surface area (Å²) in [5, 5.41) is 2.89. The topological polar surface area (TPSA) is 49.4 Å². The number of carbonyl (C=O) groups excluding carboxylic acids is 2. The summed E-state index contributed by atoms with van der Waals surface area (Å²) < 4.78 is 0. The third-order valence-corrected chi connectivity index (χ3v) is 5.20. The number of hydrogen-bond acceptors (Lipinski definition) is 2. The molecule has 0 atom stereocenters. The predicted molar refractivity (Wildman–Crippen MR) is 106 cm³/mol. The molecule has 1 aliphatic rings. The van der Waals surface area contributed by atoms with Gasteiger partial charge >= 0.3 is 0 Å².